The Morgan fingerprint density at radius 2 is 1.96 bits per heavy atom. The molecular weight excluding hydrogens is 350 g/mol. The van der Waals surface area contributed by atoms with Gasteiger partial charge in [-0.1, -0.05) is 32.9 Å². The van der Waals surface area contributed by atoms with E-state index in [4.69, 9.17) is 4.98 Å². The van der Waals surface area contributed by atoms with Gasteiger partial charge in [-0.2, -0.15) is 0 Å². The van der Waals surface area contributed by atoms with Crippen molar-refractivity contribution in [2.75, 3.05) is 11.6 Å². The summed E-state index contributed by atoms with van der Waals surface area (Å²) in [6, 6.07) is 8.45. The summed E-state index contributed by atoms with van der Waals surface area (Å²) in [5.74, 6) is 1.05. The van der Waals surface area contributed by atoms with E-state index < -0.39 is 5.41 Å². The largest absolute Gasteiger partial charge is 0.299 e. The number of fused-ring (bicyclic) bond motifs is 4. The van der Waals surface area contributed by atoms with Crippen molar-refractivity contribution >= 4 is 28.4 Å². The highest BCUT2D eigenvalue weighted by Gasteiger charge is 2.72. The summed E-state index contributed by atoms with van der Waals surface area (Å²) >= 11 is 0. The van der Waals surface area contributed by atoms with Gasteiger partial charge in [-0.3, -0.25) is 20.0 Å². The molecule has 146 valence electrons. The molecule has 0 radical (unpaired) electrons. The number of aryl methyl sites for hydroxylation is 1. The number of nitrogens with one attached hydrogen (secondary N) is 1. The van der Waals surface area contributed by atoms with Gasteiger partial charge in [0.1, 0.15) is 5.78 Å². The first kappa shape index (κ1) is 17.7. The average molecular weight is 377 g/mol. The molecule has 0 spiro atoms. The highest BCUT2D eigenvalue weighted by Crippen LogP contribution is 2.70. The average Bonchev–Trinajstić information content (AvgIpc) is 3.17. The molecule has 1 aromatic heterocycles. The van der Waals surface area contributed by atoms with Crippen LogP contribution in [0.3, 0.4) is 0 Å². The first-order valence-electron chi connectivity index (χ1n) is 10.2. The molecule has 5 heteroatoms. The SMILES string of the molecule is Cc1ccc2cc3c(nc2c1)N(NC(=O)[C@@]12CC[C@@](C)(C(=O)C1)C2(C)C)CC3. The van der Waals surface area contributed by atoms with Crippen molar-refractivity contribution in [3.05, 3.63) is 35.4 Å². The summed E-state index contributed by atoms with van der Waals surface area (Å²) < 4.78 is 0. The van der Waals surface area contributed by atoms with Crippen molar-refractivity contribution in [2.24, 2.45) is 16.2 Å². The minimum atomic E-state index is -0.616. The Morgan fingerprint density at radius 3 is 2.64 bits per heavy atom. The Kier molecular flexibility index (Phi) is 3.37. The molecule has 3 aliphatic rings. The molecule has 1 aliphatic heterocycles. The van der Waals surface area contributed by atoms with Gasteiger partial charge < -0.3 is 0 Å². The fraction of sp³-hybridized carbons (Fsp3) is 0.522. The Hall–Kier alpha value is -2.43. The fourth-order valence-electron chi connectivity index (χ4n) is 5.77. The van der Waals surface area contributed by atoms with Crippen molar-refractivity contribution in [2.45, 2.75) is 53.4 Å². The number of Topliss-reactive ketones (excluding diaryl/α,β-unsaturated/α-hetero) is 1. The van der Waals surface area contributed by atoms with E-state index >= 15 is 0 Å². The monoisotopic (exact) mass is 377 g/mol. The minimum absolute atomic E-state index is 0.0222. The van der Waals surface area contributed by atoms with E-state index in [1.54, 1.807) is 0 Å². The summed E-state index contributed by atoms with van der Waals surface area (Å²) in [6.07, 6.45) is 2.79. The second-order valence-corrected chi connectivity index (χ2v) is 9.65. The van der Waals surface area contributed by atoms with Crippen molar-refractivity contribution in [1.82, 2.24) is 10.4 Å². The molecule has 2 fully saturated rings. The Balaban J connectivity index is 1.47. The van der Waals surface area contributed by atoms with Gasteiger partial charge in [0, 0.05) is 23.8 Å². The Labute approximate surface area is 165 Å². The van der Waals surface area contributed by atoms with Crippen LogP contribution in [0.5, 0.6) is 0 Å². The van der Waals surface area contributed by atoms with Crippen molar-refractivity contribution < 1.29 is 9.59 Å². The summed E-state index contributed by atoms with van der Waals surface area (Å²) in [5, 5.41) is 3.02. The Bertz CT molecular complexity index is 1040. The first-order valence-corrected chi connectivity index (χ1v) is 10.2. The number of benzene rings is 1. The van der Waals surface area contributed by atoms with Crippen LogP contribution in [0.25, 0.3) is 10.9 Å². The number of pyridine rings is 1. The van der Waals surface area contributed by atoms with Crippen molar-refractivity contribution in [3.8, 4) is 0 Å². The topological polar surface area (TPSA) is 62.3 Å². The molecule has 28 heavy (non-hydrogen) atoms. The van der Waals surface area contributed by atoms with E-state index in [0.29, 0.717) is 13.0 Å². The number of anilines is 1. The van der Waals surface area contributed by atoms with Crippen molar-refractivity contribution in [3.63, 3.8) is 0 Å². The first-order chi connectivity index (χ1) is 13.2. The van der Waals surface area contributed by atoms with Gasteiger partial charge in [-0.05, 0) is 54.9 Å². The van der Waals surface area contributed by atoms with Crippen LogP contribution in [-0.2, 0) is 16.0 Å². The number of hydrazine groups is 1. The minimum Gasteiger partial charge on any atom is -0.299 e. The number of carbonyl (C=O) groups excluding carboxylic acids is 2. The van der Waals surface area contributed by atoms with Crippen molar-refractivity contribution in [1.29, 1.82) is 0 Å². The summed E-state index contributed by atoms with van der Waals surface area (Å²) in [5.41, 5.74) is 5.08. The lowest BCUT2D eigenvalue weighted by atomic mass is 9.64. The van der Waals surface area contributed by atoms with Crippen LogP contribution >= 0.6 is 0 Å². The number of aromatic nitrogens is 1. The fourth-order valence-corrected chi connectivity index (χ4v) is 5.77. The molecule has 0 saturated heterocycles. The third-order valence-corrected chi connectivity index (χ3v) is 8.27. The molecule has 2 heterocycles. The molecule has 2 bridgehead atoms. The molecule has 2 aromatic rings. The predicted molar refractivity (Wildman–Crippen MR) is 109 cm³/mol. The number of carbonyl (C=O) groups is 2. The third-order valence-electron chi connectivity index (χ3n) is 8.27. The van der Waals surface area contributed by atoms with Gasteiger partial charge in [0.15, 0.2) is 5.82 Å². The number of amides is 1. The van der Waals surface area contributed by atoms with Crippen LogP contribution in [0.4, 0.5) is 5.82 Å². The maximum Gasteiger partial charge on any atom is 0.245 e. The van der Waals surface area contributed by atoms with Gasteiger partial charge in [0.05, 0.1) is 10.9 Å². The molecular formula is C23H27N3O2. The van der Waals surface area contributed by atoms with Crippen LogP contribution in [0.2, 0.25) is 0 Å². The number of hydrogen-bond acceptors (Lipinski definition) is 4. The highest BCUT2D eigenvalue weighted by atomic mass is 16.2. The number of rotatable bonds is 2. The third kappa shape index (κ3) is 2.00. The standard InChI is InChI=1S/C23H27N3O2/c1-14-5-6-15-12-16-7-10-26(19(16)24-17(15)11-14)25-20(28)23-9-8-22(4,18(27)13-23)21(23,2)3/h5-6,11-12H,7-10,13H2,1-4H3,(H,25,28)/t22-,23+/m0/s1. The maximum absolute atomic E-state index is 13.5. The van der Waals surface area contributed by atoms with Gasteiger partial charge in [-0.15, -0.1) is 0 Å². The van der Waals surface area contributed by atoms with E-state index in [0.717, 1.165) is 41.5 Å². The molecule has 1 amide bonds. The van der Waals surface area contributed by atoms with Crippen LogP contribution < -0.4 is 10.4 Å². The van der Waals surface area contributed by atoms with Gasteiger partial charge in [-0.25, -0.2) is 4.98 Å². The highest BCUT2D eigenvalue weighted by molar-refractivity contribution is 6.00. The normalized spacial score (nSPS) is 30.1. The molecule has 2 atom stereocenters. The molecule has 5 nitrogen and oxygen atoms in total. The second-order valence-electron chi connectivity index (χ2n) is 9.65. The van der Waals surface area contributed by atoms with Gasteiger partial charge in [0.25, 0.3) is 0 Å². The smallest absolute Gasteiger partial charge is 0.245 e. The molecule has 2 saturated carbocycles. The van der Waals surface area contributed by atoms with E-state index in [9.17, 15) is 9.59 Å². The van der Waals surface area contributed by atoms with Crippen LogP contribution in [0.15, 0.2) is 24.3 Å². The van der Waals surface area contributed by atoms with E-state index in [2.05, 4.69) is 50.5 Å². The number of nitrogens with zero attached hydrogens (tertiary/aromatic N) is 2. The maximum atomic E-state index is 13.5. The number of hydrogen-bond donors (Lipinski definition) is 1. The zero-order valence-electron chi connectivity index (χ0n) is 17.1. The quantitative estimate of drug-likeness (QED) is 0.866. The lowest BCUT2D eigenvalue weighted by Crippen LogP contribution is -2.52. The van der Waals surface area contributed by atoms with Crippen LogP contribution in [0, 0.1) is 23.2 Å². The van der Waals surface area contributed by atoms with E-state index in [1.165, 1.54) is 5.56 Å². The second kappa shape index (κ2) is 5.34. The summed E-state index contributed by atoms with van der Waals surface area (Å²) in [7, 11) is 0. The van der Waals surface area contributed by atoms with Gasteiger partial charge >= 0.3 is 0 Å². The zero-order chi connectivity index (χ0) is 19.9. The number of ketones is 1. The molecule has 1 aromatic carbocycles. The van der Waals surface area contributed by atoms with Crippen LogP contribution in [-0.4, -0.2) is 23.2 Å². The predicted octanol–water partition coefficient (Wildman–Crippen LogP) is 3.72. The van der Waals surface area contributed by atoms with Gasteiger partial charge in [0.2, 0.25) is 5.91 Å². The summed E-state index contributed by atoms with van der Waals surface area (Å²) in [4.78, 5) is 31.0. The molecule has 2 aliphatic carbocycles. The van der Waals surface area contributed by atoms with Crippen LogP contribution in [0.1, 0.15) is 51.2 Å². The molecule has 0 unspecified atom stereocenters. The summed E-state index contributed by atoms with van der Waals surface area (Å²) in [6.45, 7) is 9.00. The zero-order valence-corrected chi connectivity index (χ0v) is 17.1. The lowest BCUT2D eigenvalue weighted by molar-refractivity contribution is -0.136. The Morgan fingerprint density at radius 1 is 1.18 bits per heavy atom. The van der Waals surface area contributed by atoms with E-state index in [1.807, 2.05) is 11.9 Å². The molecule has 5 rings (SSSR count). The lowest BCUT2D eigenvalue weighted by Gasteiger charge is -2.39. The van der Waals surface area contributed by atoms with E-state index in [-0.39, 0.29) is 22.5 Å². The molecule has 1 N–H and O–H groups in total.